The molecule has 0 N–H and O–H groups in total. The van der Waals surface area contributed by atoms with Gasteiger partial charge in [-0.05, 0) is 18.2 Å². The molecule has 0 unspecified atom stereocenters. The number of hydrogen-bond acceptors (Lipinski definition) is 4. The fourth-order valence-electron chi connectivity index (χ4n) is 1.70. The van der Waals surface area contributed by atoms with E-state index in [0.717, 1.165) is 12.1 Å². The maximum atomic E-state index is 12.6. The molecule has 0 atom stereocenters. The number of benzene rings is 1. The lowest BCUT2D eigenvalue weighted by Gasteiger charge is -2.30. The van der Waals surface area contributed by atoms with Crippen LogP contribution in [0.4, 0.5) is 13.2 Å². The second-order valence-corrected chi connectivity index (χ2v) is 3.58. The summed E-state index contributed by atoms with van der Waals surface area (Å²) in [6.07, 6.45) is -4.46. The van der Waals surface area contributed by atoms with E-state index in [2.05, 4.69) is 0 Å². The molecule has 19 heavy (non-hydrogen) atoms. The van der Waals surface area contributed by atoms with E-state index in [-0.39, 0.29) is 11.3 Å². The fourth-order valence-corrected chi connectivity index (χ4v) is 1.70. The Bertz CT molecular complexity index is 419. The zero-order chi connectivity index (χ0) is 14.7. The van der Waals surface area contributed by atoms with Crippen molar-refractivity contribution < 1.29 is 32.1 Å². The molecule has 0 fully saturated rings. The summed E-state index contributed by atoms with van der Waals surface area (Å²) in [7, 11) is 5.18. The van der Waals surface area contributed by atoms with Crippen molar-refractivity contribution in [3.05, 3.63) is 29.3 Å². The van der Waals surface area contributed by atoms with Gasteiger partial charge >= 0.3 is 12.1 Å². The molecule has 0 aliphatic heterocycles. The first-order valence-corrected chi connectivity index (χ1v) is 5.25. The van der Waals surface area contributed by atoms with Crippen LogP contribution >= 0.6 is 0 Å². The van der Waals surface area contributed by atoms with Crippen LogP contribution in [0.25, 0.3) is 0 Å². The molecule has 0 saturated carbocycles. The van der Waals surface area contributed by atoms with E-state index in [9.17, 15) is 13.2 Å². The number of halogens is 3. The molecule has 0 aliphatic rings. The van der Waals surface area contributed by atoms with Gasteiger partial charge < -0.3 is 18.9 Å². The molecule has 4 nitrogen and oxygen atoms in total. The molecule has 0 radical (unpaired) electrons. The van der Waals surface area contributed by atoms with Crippen molar-refractivity contribution in [2.75, 3.05) is 28.4 Å². The Balaban J connectivity index is 3.37. The van der Waals surface area contributed by atoms with Crippen molar-refractivity contribution in [2.24, 2.45) is 0 Å². The van der Waals surface area contributed by atoms with Crippen molar-refractivity contribution in [3.8, 4) is 5.75 Å². The van der Waals surface area contributed by atoms with E-state index in [0.29, 0.717) is 0 Å². The van der Waals surface area contributed by atoms with Gasteiger partial charge in [-0.25, -0.2) is 0 Å². The predicted molar refractivity (Wildman–Crippen MR) is 60.7 cm³/mol. The molecular weight excluding hydrogens is 265 g/mol. The van der Waals surface area contributed by atoms with Crippen LogP contribution in [0.3, 0.4) is 0 Å². The average molecular weight is 280 g/mol. The second kappa shape index (κ2) is 5.77. The molecular formula is C12H15F3O4. The number of rotatable bonds is 5. The highest BCUT2D eigenvalue weighted by molar-refractivity contribution is 5.40. The largest absolute Gasteiger partial charge is 0.496 e. The molecule has 1 rings (SSSR count). The summed E-state index contributed by atoms with van der Waals surface area (Å²) >= 11 is 0. The molecule has 0 bridgehead atoms. The van der Waals surface area contributed by atoms with Crippen LogP contribution in [-0.4, -0.2) is 28.4 Å². The monoisotopic (exact) mass is 280 g/mol. The van der Waals surface area contributed by atoms with Crippen molar-refractivity contribution in [1.29, 1.82) is 0 Å². The minimum atomic E-state index is -4.46. The van der Waals surface area contributed by atoms with E-state index in [1.807, 2.05) is 0 Å². The van der Waals surface area contributed by atoms with E-state index >= 15 is 0 Å². The topological polar surface area (TPSA) is 36.9 Å². The summed E-state index contributed by atoms with van der Waals surface area (Å²) in [5.41, 5.74) is -0.624. The minimum Gasteiger partial charge on any atom is -0.496 e. The smallest absolute Gasteiger partial charge is 0.416 e. The third-order valence-corrected chi connectivity index (χ3v) is 2.66. The summed E-state index contributed by atoms with van der Waals surface area (Å²) in [6, 6.07) is 2.96. The maximum absolute atomic E-state index is 12.6. The Labute approximate surface area is 109 Å². The van der Waals surface area contributed by atoms with Gasteiger partial charge in [0, 0.05) is 21.3 Å². The van der Waals surface area contributed by atoms with Gasteiger partial charge in [-0.15, -0.1) is 0 Å². The van der Waals surface area contributed by atoms with Gasteiger partial charge in [0.05, 0.1) is 18.2 Å². The lowest BCUT2D eigenvalue weighted by atomic mass is 10.1. The van der Waals surface area contributed by atoms with Gasteiger partial charge in [0.25, 0.3) is 0 Å². The average Bonchev–Trinajstić information content (AvgIpc) is 2.40. The van der Waals surface area contributed by atoms with Crippen LogP contribution in [0.15, 0.2) is 18.2 Å². The van der Waals surface area contributed by atoms with Crippen molar-refractivity contribution >= 4 is 0 Å². The number of methoxy groups -OCH3 is 4. The molecule has 0 amide bonds. The Kier molecular flexibility index (Phi) is 4.78. The van der Waals surface area contributed by atoms with Crippen LogP contribution in [-0.2, 0) is 26.4 Å². The number of hydrogen-bond donors (Lipinski definition) is 0. The Hall–Kier alpha value is -1.31. The molecule has 1 aromatic carbocycles. The third-order valence-electron chi connectivity index (χ3n) is 2.66. The Morgan fingerprint density at radius 3 is 1.79 bits per heavy atom. The summed E-state index contributed by atoms with van der Waals surface area (Å²) in [5, 5.41) is 0. The number of ether oxygens (including phenoxy) is 4. The van der Waals surface area contributed by atoms with Crippen molar-refractivity contribution in [3.63, 3.8) is 0 Å². The zero-order valence-electron chi connectivity index (χ0n) is 11.0. The molecule has 0 spiro atoms. The first kappa shape index (κ1) is 15.7. The Morgan fingerprint density at radius 2 is 1.42 bits per heavy atom. The summed E-state index contributed by atoms with van der Waals surface area (Å²) < 4.78 is 58.1. The van der Waals surface area contributed by atoms with Crippen molar-refractivity contribution in [2.45, 2.75) is 12.1 Å². The number of alkyl halides is 3. The predicted octanol–water partition coefficient (Wildman–Crippen LogP) is 2.76. The molecule has 0 heterocycles. The molecule has 0 saturated heterocycles. The molecule has 0 aliphatic carbocycles. The highest BCUT2D eigenvalue weighted by Gasteiger charge is 2.38. The molecule has 0 aromatic heterocycles. The first-order chi connectivity index (χ1) is 8.84. The van der Waals surface area contributed by atoms with Crippen LogP contribution in [0.1, 0.15) is 11.1 Å². The lowest BCUT2D eigenvalue weighted by Crippen LogP contribution is -2.33. The highest BCUT2D eigenvalue weighted by Crippen LogP contribution is 2.38. The van der Waals surface area contributed by atoms with E-state index in [1.165, 1.54) is 34.5 Å². The second-order valence-electron chi connectivity index (χ2n) is 3.58. The lowest BCUT2D eigenvalue weighted by molar-refractivity contribution is -0.365. The molecule has 108 valence electrons. The fraction of sp³-hybridized carbons (Fsp3) is 0.500. The van der Waals surface area contributed by atoms with E-state index in [1.54, 1.807) is 0 Å². The summed E-state index contributed by atoms with van der Waals surface area (Å²) in [6.45, 7) is 0. The van der Waals surface area contributed by atoms with Gasteiger partial charge in [-0.2, -0.15) is 13.2 Å². The normalized spacial score (nSPS) is 12.6. The van der Waals surface area contributed by atoms with Crippen LogP contribution in [0, 0.1) is 0 Å². The van der Waals surface area contributed by atoms with E-state index < -0.39 is 17.7 Å². The molecule has 1 aromatic rings. The van der Waals surface area contributed by atoms with Crippen LogP contribution in [0.5, 0.6) is 5.75 Å². The summed E-state index contributed by atoms with van der Waals surface area (Å²) in [4.78, 5) is 0. The summed E-state index contributed by atoms with van der Waals surface area (Å²) in [5.74, 6) is -1.66. The minimum absolute atomic E-state index is 0.0413. The quantitative estimate of drug-likeness (QED) is 0.777. The Morgan fingerprint density at radius 1 is 0.895 bits per heavy atom. The van der Waals surface area contributed by atoms with Crippen molar-refractivity contribution in [1.82, 2.24) is 0 Å². The maximum Gasteiger partial charge on any atom is 0.416 e. The van der Waals surface area contributed by atoms with Gasteiger partial charge in [0.1, 0.15) is 5.75 Å². The zero-order valence-corrected chi connectivity index (χ0v) is 11.0. The first-order valence-electron chi connectivity index (χ1n) is 5.25. The highest BCUT2D eigenvalue weighted by atomic mass is 19.4. The van der Waals surface area contributed by atoms with Crippen LogP contribution < -0.4 is 4.74 Å². The van der Waals surface area contributed by atoms with Gasteiger partial charge in [-0.1, -0.05) is 0 Å². The van der Waals surface area contributed by atoms with Gasteiger partial charge in [-0.3, -0.25) is 0 Å². The molecule has 7 heteroatoms. The standard InChI is InChI=1S/C12H15F3O4/c1-16-10-7-8(11(13,14)15)5-6-9(10)12(17-2,18-3)19-4/h5-7H,1-4H3. The van der Waals surface area contributed by atoms with Gasteiger partial charge in [0.15, 0.2) is 0 Å². The van der Waals surface area contributed by atoms with E-state index in [4.69, 9.17) is 18.9 Å². The third kappa shape index (κ3) is 2.99. The van der Waals surface area contributed by atoms with Crippen LogP contribution in [0.2, 0.25) is 0 Å². The SMILES string of the molecule is COc1cc(C(F)(F)F)ccc1C(OC)(OC)OC. The van der Waals surface area contributed by atoms with Gasteiger partial charge in [0.2, 0.25) is 0 Å².